The molecule has 3 N–H and O–H groups in total. The molecule has 1 atom stereocenters. The number of nitrogen functional groups attached to an aromatic ring is 1. The Morgan fingerprint density at radius 1 is 1.37 bits per heavy atom. The predicted molar refractivity (Wildman–Crippen MR) is 82.9 cm³/mol. The second-order valence-corrected chi connectivity index (χ2v) is 4.85. The lowest BCUT2D eigenvalue weighted by Gasteiger charge is -2.23. The first kappa shape index (κ1) is 15.6. The van der Waals surface area contributed by atoms with Crippen molar-refractivity contribution in [2.45, 2.75) is 33.2 Å². The Labute approximate surface area is 116 Å². The number of hydrogen-bond donors (Lipinski definition) is 2. The van der Waals surface area contributed by atoms with E-state index in [1.165, 1.54) is 6.42 Å². The Kier molecular flexibility index (Phi) is 6.50. The van der Waals surface area contributed by atoms with Gasteiger partial charge in [-0.2, -0.15) is 0 Å². The second-order valence-electron chi connectivity index (χ2n) is 4.85. The third-order valence-electron chi connectivity index (χ3n) is 3.45. The number of anilines is 2. The molecule has 0 aliphatic carbocycles. The van der Waals surface area contributed by atoms with Crippen molar-refractivity contribution in [3.8, 4) is 5.75 Å². The van der Waals surface area contributed by atoms with Crippen molar-refractivity contribution < 1.29 is 4.74 Å². The first-order chi connectivity index (χ1) is 9.08. The van der Waals surface area contributed by atoms with E-state index in [0.29, 0.717) is 18.3 Å². The molecule has 19 heavy (non-hydrogen) atoms. The molecule has 0 bridgehead atoms. The average Bonchev–Trinajstić information content (AvgIpc) is 2.41. The monoisotopic (exact) mass is 265 g/mol. The number of rotatable bonds is 8. The number of nitrogens with two attached hydrogens (primary N) is 1. The lowest BCUT2D eigenvalue weighted by Crippen LogP contribution is -2.32. The normalized spacial score (nSPS) is 12.5. The number of hydrogen-bond acceptors (Lipinski definition) is 4. The van der Waals surface area contributed by atoms with E-state index in [1.54, 1.807) is 0 Å². The van der Waals surface area contributed by atoms with Gasteiger partial charge < -0.3 is 20.7 Å². The smallest absolute Gasteiger partial charge is 0.144 e. The van der Waals surface area contributed by atoms with Gasteiger partial charge in [0.05, 0.1) is 12.3 Å². The van der Waals surface area contributed by atoms with E-state index in [0.717, 1.165) is 24.5 Å². The SMILES string of the molecule is CCOc1cc(NCCN(C)C(C)CC)ccc1N. The van der Waals surface area contributed by atoms with Gasteiger partial charge in [0.25, 0.3) is 0 Å². The summed E-state index contributed by atoms with van der Waals surface area (Å²) < 4.78 is 5.48. The molecule has 0 radical (unpaired) electrons. The number of benzene rings is 1. The third-order valence-corrected chi connectivity index (χ3v) is 3.45. The van der Waals surface area contributed by atoms with Crippen LogP contribution in [-0.4, -0.2) is 37.7 Å². The molecule has 108 valence electrons. The zero-order valence-corrected chi connectivity index (χ0v) is 12.6. The highest BCUT2D eigenvalue weighted by Crippen LogP contribution is 2.25. The van der Waals surface area contributed by atoms with Crippen molar-refractivity contribution in [2.75, 3.05) is 37.8 Å². The van der Waals surface area contributed by atoms with Gasteiger partial charge in [0.15, 0.2) is 0 Å². The van der Waals surface area contributed by atoms with Crippen LogP contribution in [0.25, 0.3) is 0 Å². The van der Waals surface area contributed by atoms with Crippen molar-refractivity contribution in [3.63, 3.8) is 0 Å². The van der Waals surface area contributed by atoms with Crippen LogP contribution < -0.4 is 15.8 Å². The van der Waals surface area contributed by atoms with Crippen LogP contribution in [0.5, 0.6) is 5.75 Å². The molecule has 0 aromatic heterocycles. The number of ether oxygens (including phenoxy) is 1. The van der Waals surface area contributed by atoms with Gasteiger partial charge in [-0.15, -0.1) is 0 Å². The summed E-state index contributed by atoms with van der Waals surface area (Å²) >= 11 is 0. The maximum absolute atomic E-state index is 5.85. The molecule has 4 nitrogen and oxygen atoms in total. The lowest BCUT2D eigenvalue weighted by atomic mass is 10.2. The first-order valence-electron chi connectivity index (χ1n) is 7.04. The Hall–Kier alpha value is -1.42. The largest absolute Gasteiger partial charge is 0.492 e. The quantitative estimate of drug-likeness (QED) is 0.710. The Bertz CT molecular complexity index is 382. The number of nitrogens with one attached hydrogen (secondary N) is 1. The molecule has 4 heteroatoms. The van der Waals surface area contributed by atoms with E-state index in [9.17, 15) is 0 Å². The Balaban J connectivity index is 2.47. The highest BCUT2D eigenvalue weighted by molar-refractivity contribution is 5.61. The summed E-state index contributed by atoms with van der Waals surface area (Å²) in [7, 11) is 2.16. The molecule has 0 amide bonds. The van der Waals surface area contributed by atoms with Crippen LogP contribution in [0.4, 0.5) is 11.4 Å². The predicted octanol–water partition coefficient (Wildman–Crippen LogP) is 2.81. The van der Waals surface area contributed by atoms with Crippen LogP contribution in [0.3, 0.4) is 0 Å². The highest BCUT2D eigenvalue weighted by atomic mass is 16.5. The minimum absolute atomic E-state index is 0.618. The molecule has 0 aliphatic rings. The maximum atomic E-state index is 5.85. The molecule has 0 spiro atoms. The Morgan fingerprint density at radius 2 is 2.11 bits per heavy atom. The van der Waals surface area contributed by atoms with Gasteiger partial charge >= 0.3 is 0 Å². The summed E-state index contributed by atoms with van der Waals surface area (Å²) in [5, 5.41) is 3.40. The van der Waals surface area contributed by atoms with Gasteiger partial charge in [0.2, 0.25) is 0 Å². The molecule has 0 saturated carbocycles. The van der Waals surface area contributed by atoms with E-state index in [-0.39, 0.29) is 0 Å². The summed E-state index contributed by atoms with van der Waals surface area (Å²) in [5.41, 5.74) is 7.58. The van der Waals surface area contributed by atoms with E-state index in [4.69, 9.17) is 10.5 Å². The maximum Gasteiger partial charge on any atom is 0.144 e. The van der Waals surface area contributed by atoms with Gasteiger partial charge in [-0.25, -0.2) is 0 Å². The molecule has 0 heterocycles. The van der Waals surface area contributed by atoms with Crippen molar-refractivity contribution in [1.82, 2.24) is 4.90 Å². The highest BCUT2D eigenvalue weighted by Gasteiger charge is 2.06. The van der Waals surface area contributed by atoms with Crippen LogP contribution in [-0.2, 0) is 0 Å². The topological polar surface area (TPSA) is 50.5 Å². The summed E-state index contributed by atoms with van der Waals surface area (Å²) in [5.74, 6) is 0.753. The standard InChI is InChI=1S/C15H27N3O/c1-5-12(3)18(4)10-9-17-13-7-8-14(16)15(11-13)19-6-2/h7-8,11-12,17H,5-6,9-10,16H2,1-4H3. The molecule has 1 unspecified atom stereocenters. The van der Waals surface area contributed by atoms with Crippen molar-refractivity contribution in [1.29, 1.82) is 0 Å². The minimum atomic E-state index is 0.618. The van der Waals surface area contributed by atoms with Gasteiger partial charge in [-0.3, -0.25) is 0 Å². The Morgan fingerprint density at radius 3 is 2.74 bits per heavy atom. The van der Waals surface area contributed by atoms with Crippen LogP contribution in [0.15, 0.2) is 18.2 Å². The fourth-order valence-electron chi connectivity index (χ4n) is 1.83. The first-order valence-corrected chi connectivity index (χ1v) is 7.04. The summed E-state index contributed by atoms with van der Waals surface area (Å²) in [6.07, 6.45) is 1.17. The molecule has 0 fully saturated rings. The van der Waals surface area contributed by atoms with E-state index in [1.807, 2.05) is 25.1 Å². The van der Waals surface area contributed by atoms with Crippen LogP contribution in [0.2, 0.25) is 0 Å². The zero-order chi connectivity index (χ0) is 14.3. The molecule has 0 saturated heterocycles. The second kappa shape index (κ2) is 7.89. The lowest BCUT2D eigenvalue weighted by molar-refractivity contribution is 0.261. The molecule has 1 rings (SSSR count). The van der Waals surface area contributed by atoms with Gasteiger partial charge in [0.1, 0.15) is 5.75 Å². The average molecular weight is 265 g/mol. The fourth-order valence-corrected chi connectivity index (χ4v) is 1.83. The van der Waals surface area contributed by atoms with Crippen molar-refractivity contribution >= 4 is 11.4 Å². The third kappa shape index (κ3) is 4.99. The number of nitrogens with zero attached hydrogens (tertiary/aromatic N) is 1. The van der Waals surface area contributed by atoms with E-state index < -0.39 is 0 Å². The molecular weight excluding hydrogens is 238 g/mol. The van der Waals surface area contributed by atoms with E-state index in [2.05, 4.69) is 31.1 Å². The van der Waals surface area contributed by atoms with Crippen LogP contribution in [0.1, 0.15) is 27.2 Å². The van der Waals surface area contributed by atoms with E-state index >= 15 is 0 Å². The van der Waals surface area contributed by atoms with Crippen LogP contribution >= 0.6 is 0 Å². The molecule has 0 aliphatic heterocycles. The van der Waals surface area contributed by atoms with Crippen LogP contribution in [0, 0.1) is 0 Å². The summed E-state index contributed by atoms with van der Waals surface area (Å²) in [6, 6.07) is 6.45. The fraction of sp³-hybridized carbons (Fsp3) is 0.600. The summed E-state index contributed by atoms with van der Waals surface area (Å²) in [6.45, 7) is 8.98. The summed E-state index contributed by atoms with van der Waals surface area (Å²) in [4.78, 5) is 2.35. The van der Waals surface area contributed by atoms with Crippen molar-refractivity contribution in [2.24, 2.45) is 0 Å². The van der Waals surface area contributed by atoms with Gasteiger partial charge in [-0.05, 0) is 39.4 Å². The molecule has 1 aromatic carbocycles. The number of likely N-dealkylation sites (N-methyl/N-ethyl adjacent to an activating group) is 1. The zero-order valence-electron chi connectivity index (χ0n) is 12.6. The van der Waals surface area contributed by atoms with Gasteiger partial charge in [0, 0.05) is 30.9 Å². The van der Waals surface area contributed by atoms with Gasteiger partial charge in [-0.1, -0.05) is 6.92 Å². The molecule has 1 aromatic rings. The minimum Gasteiger partial charge on any atom is -0.492 e. The molecular formula is C15H27N3O. The van der Waals surface area contributed by atoms with Crippen molar-refractivity contribution in [3.05, 3.63) is 18.2 Å².